The fraction of sp³-hybridized carbons (Fsp3) is 0. The summed E-state index contributed by atoms with van der Waals surface area (Å²) in [5.41, 5.74) is 2.52. The molecular formula is C17H9FN6O. The molecule has 7 nitrogen and oxygen atoms in total. The van der Waals surface area contributed by atoms with Gasteiger partial charge in [-0.05, 0) is 41.6 Å². The summed E-state index contributed by atoms with van der Waals surface area (Å²) < 4.78 is 18.9. The third-order valence-electron chi connectivity index (χ3n) is 3.84. The fourth-order valence-electron chi connectivity index (χ4n) is 2.67. The Kier molecular flexibility index (Phi) is 2.84. The number of rotatable bonds is 2. The summed E-state index contributed by atoms with van der Waals surface area (Å²) in [4.78, 5) is 9.80. The molecule has 8 heteroatoms. The second-order valence-corrected chi connectivity index (χ2v) is 5.38. The standard InChI is InChI=1S/C17H9FN6O/c18-11-7-5-10(6-8-11)16-21-23-24(22-16)17-15-14(19-9-20-17)12-3-1-2-4-13(12)25-15/h1-9H. The van der Waals surface area contributed by atoms with Crippen molar-refractivity contribution in [2.24, 2.45) is 0 Å². The van der Waals surface area contributed by atoms with E-state index in [0.29, 0.717) is 33.9 Å². The first-order chi connectivity index (χ1) is 12.3. The lowest BCUT2D eigenvalue weighted by Crippen LogP contribution is -2.02. The van der Waals surface area contributed by atoms with Gasteiger partial charge in [-0.2, -0.15) is 0 Å². The van der Waals surface area contributed by atoms with Crippen LogP contribution in [0.4, 0.5) is 4.39 Å². The van der Waals surface area contributed by atoms with Crippen molar-refractivity contribution in [3.63, 3.8) is 0 Å². The highest BCUT2D eigenvalue weighted by Crippen LogP contribution is 2.29. The minimum atomic E-state index is -0.323. The highest BCUT2D eigenvalue weighted by molar-refractivity contribution is 6.04. The fourth-order valence-corrected chi connectivity index (χ4v) is 2.67. The second-order valence-electron chi connectivity index (χ2n) is 5.38. The molecule has 0 aliphatic heterocycles. The van der Waals surface area contributed by atoms with Gasteiger partial charge in [0.25, 0.3) is 0 Å². The van der Waals surface area contributed by atoms with Gasteiger partial charge in [0.15, 0.2) is 5.58 Å². The molecule has 0 bridgehead atoms. The first kappa shape index (κ1) is 13.7. The largest absolute Gasteiger partial charge is 0.450 e. The lowest BCUT2D eigenvalue weighted by molar-refractivity contribution is 0.628. The summed E-state index contributed by atoms with van der Waals surface area (Å²) in [5, 5.41) is 13.3. The smallest absolute Gasteiger partial charge is 0.223 e. The van der Waals surface area contributed by atoms with Crippen molar-refractivity contribution in [2.45, 2.75) is 0 Å². The van der Waals surface area contributed by atoms with Crippen molar-refractivity contribution in [1.29, 1.82) is 0 Å². The van der Waals surface area contributed by atoms with E-state index in [4.69, 9.17) is 4.42 Å². The van der Waals surface area contributed by atoms with E-state index in [0.717, 1.165) is 5.39 Å². The second kappa shape index (κ2) is 5.17. The van der Waals surface area contributed by atoms with E-state index in [1.54, 1.807) is 12.1 Å². The summed E-state index contributed by atoms with van der Waals surface area (Å²) in [6, 6.07) is 13.5. The van der Waals surface area contributed by atoms with Gasteiger partial charge >= 0.3 is 0 Å². The maximum atomic E-state index is 13.1. The van der Waals surface area contributed by atoms with Crippen LogP contribution in [-0.2, 0) is 0 Å². The molecule has 0 unspecified atom stereocenters. The van der Waals surface area contributed by atoms with E-state index >= 15 is 0 Å². The SMILES string of the molecule is Fc1ccc(-c2nnn(-c3ncnc4c3oc3ccccc34)n2)cc1. The molecule has 0 amide bonds. The maximum absolute atomic E-state index is 13.1. The third-order valence-corrected chi connectivity index (χ3v) is 3.84. The number of furan rings is 1. The molecule has 25 heavy (non-hydrogen) atoms. The molecular weight excluding hydrogens is 323 g/mol. The van der Waals surface area contributed by atoms with Crippen LogP contribution < -0.4 is 0 Å². The third kappa shape index (κ3) is 2.15. The zero-order valence-corrected chi connectivity index (χ0v) is 12.7. The molecule has 3 heterocycles. The lowest BCUT2D eigenvalue weighted by atomic mass is 10.2. The number of nitrogens with zero attached hydrogens (tertiary/aromatic N) is 6. The Bertz CT molecular complexity index is 1210. The molecule has 0 saturated heterocycles. The average Bonchev–Trinajstić information content (AvgIpc) is 3.27. The summed E-state index contributed by atoms with van der Waals surface area (Å²) in [6.45, 7) is 0. The molecule has 2 aromatic carbocycles. The number of aromatic nitrogens is 6. The van der Waals surface area contributed by atoms with Gasteiger partial charge in [0, 0.05) is 10.9 Å². The molecule has 120 valence electrons. The van der Waals surface area contributed by atoms with Crippen LogP contribution in [0.5, 0.6) is 0 Å². The topological polar surface area (TPSA) is 82.5 Å². The Balaban J connectivity index is 1.67. The Labute approximate surface area is 139 Å². The molecule has 0 aliphatic rings. The van der Waals surface area contributed by atoms with Gasteiger partial charge in [0.05, 0.1) is 0 Å². The molecule has 0 fully saturated rings. The summed E-state index contributed by atoms with van der Waals surface area (Å²) in [6.07, 6.45) is 1.43. The monoisotopic (exact) mass is 332 g/mol. The van der Waals surface area contributed by atoms with E-state index in [1.165, 1.54) is 23.3 Å². The van der Waals surface area contributed by atoms with Crippen LogP contribution in [0.15, 0.2) is 59.3 Å². The van der Waals surface area contributed by atoms with Gasteiger partial charge in [-0.3, -0.25) is 0 Å². The van der Waals surface area contributed by atoms with Crippen LogP contribution in [0, 0.1) is 5.82 Å². The van der Waals surface area contributed by atoms with Crippen molar-refractivity contribution in [2.75, 3.05) is 0 Å². The number of halogens is 1. The molecule has 0 N–H and O–H groups in total. The number of hydrogen-bond acceptors (Lipinski definition) is 6. The number of fused-ring (bicyclic) bond motifs is 3. The van der Waals surface area contributed by atoms with E-state index < -0.39 is 0 Å². The summed E-state index contributed by atoms with van der Waals surface area (Å²) in [5.74, 6) is 0.431. The number of para-hydroxylation sites is 1. The molecule has 3 aromatic heterocycles. The van der Waals surface area contributed by atoms with Gasteiger partial charge < -0.3 is 4.42 Å². The van der Waals surface area contributed by atoms with Crippen LogP contribution in [0.3, 0.4) is 0 Å². The number of hydrogen-bond donors (Lipinski definition) is 0. The Morgan fingerprint density at radius 2 is 1.80 bits per heavy atom. The van der Waals surface area contributed by atoms with E-state index in [1.807, 2.05) is 24.3 Å². The van der Waals surface area contributed by atoms with Gasteiger partial charge in [-0.15, -0.1) is 15.0 Å². The first-order valence-electron chi connectivity index (χ1n) is 7.48. The Hall–Kier alpha value is -3.68. The average molecular weight is 332 g/mol. The zero-order valence-electron chi connectivity index (χ0n) is 12.7. The van der Waals surface area contributed by atoms with Crippen LogP contribution in [0.25, 0.3) is 39.3 Å². The highest BCUT2D eigenvalue weighted by atomic mass is 19.1. The maximum Gasteiger partial charge on any atom is 0.223 e. The summed E-state index contributed by atoms with van der Waals surface area (Å²) >= 11 is 0. The minimum Gasteiger partial charge on any atom is -0.450 e. The summed E-state index contributed by atoms with van der Waals surface area (Å²) in [7, 11) is 0. The van der Waals surface area contributed by atoms with Crippen molar-refractivity contribution < 1.29 is 8.81 Å². The van der Waals surface area contributed by atoms with Crippen molar-refractivity contribution >= 4 is 22.1 Å². The van der Waals surface area contributed by atoms with E-state index in [2.05, 4.69) is 25.4 Å². The van der Waals surface area contributed by atoms with Crippen LogP contribution >= 0.6 is 0 Å². The Morgan fingerprint density at radius 1 is 0.960 bits per heavy atom. The number of benzene rings is 2. The van der Waals surface area contributed by atoms with Crippen molar-refractivity contribution in [3.05, 3.63) is 60.7 Å². The molecule has 0 radical (unpaired) electrons. The Morgan fingerprint density at radius 3 is 2.68 bits per heavy atom. The first-order valence-corrected chi connectivity index (χ1v) is 7.48. The molecule has 0 aliphatic carbocycles. The zero-order chi connectivity index (χ0) is 16.8. The van der Waals surface area contributed by atoms with Crippen molar-refractivity contribution in [1.82, 2.24) is 30.2 Å². The van der Waals surface area contributed by atoms with E-state index in [9.17, 15) is 4.39 Å². The van der Waals surface area contributed by atoms with Crippen molar-refractivity contribution in [3.8, 4) is 17.2 Å². The molecule has 0 saturated carbocycles. The van der Waals surface area contributed by atoms with Crippen LogP contribution in [0.2, 0.25) is 0 Å². The normalized spacial score (nSPS) is 11.4. The molecule has 5 rings (SSSR count). The quantitative estimate of drug-likeness (QED) is 0.494. The van der Waals surface area contributed by atoms with Gasteiger partial charge in [0.1, 0.15) is 23.2 Å². The predicted molar refractivity (Wildman–Crippen MR) is 87.4 cm³/mol. The molecule has 0 spiro atoms. The van der Waals surface area contributed by atoms with Crippen LogP contribution in [0.1, 0.15) is 0 Å². The highest BCUT2D eigenvalue weighted by Gasteiger charge is 2.17. The van der Waals surface area contributed by atoms with Crippen LogP contribution in [-0.4, -0.2) is 30.2 Å². The van der Waals surface area contributed by atoms with Gasteiger partial charge in [0.2, 0.25) is 11.6 Å². The van der Waals surface area contributed by atoms with Gasteiger partial charge in [-0.25, -0.2) is 14.4 Å². The minimum absolute atomic E-state index is 0.323. The number of tetrazole rings is 1. The predicted octanol–water partition coefficient (Wildman–Crippen LogP) is 3.16. The molecule has 0 atom stereocenters. The molecule has 5 aromatic rings. The van der Waals surface area contributed by atoms with Gasteiger partial charge in [-0.1, -0.05) is 12.1 Å². The van der Waals surface area contributed by atoms with E-state index in [-0.39, 0.29) is 5.82 Å². The lowest BCUT2D eigenvalue weighted by Gasteiger charge is -1.97.